The molecule has 0 bridgehead atoms. The molecule has 0 amide bonds. The molecule has 0 saturated heterocycles. The van der Waals surface area contributed by atoms with Crippen LogP contribution in [0.4, 0.5) is 5.69 Å². The third-order valence-electron chi connectivity index (χ3n) is 2.73. The van der Waals surface area contributed by atoms with Crippen LogP contribution < -0.4 is 4.72 Å². The molecule has 1 aromatic carbocycles. The zero-order valence-corrected chi connectivity index (χ0v) is 10.6. The topological polar surface area (TPSA) is 83.5 Å². The minimum Gasteiger partial charge on any atom is -0.481 e. The maximum absolute atomic E-state index is 11.7. The molecule has 6 heteroatoms. The van der Waals surface area contributed by atoms with Gasteiger partial charge in [0.05, 0.1) is 12.2 Å². The lowest BCUT2D eigenvalue weighted by molar-refractivity contribution is -0.136. The van der Waals surface area contributed by atoms with Crippen LogP contribution in [-0.2, 0) is 21.2 Å². The molecule has 0 spiro atoms. The van der Waals surface area contributed by atoms with Crippen LogP contribution in [-0.4, -0.2) is 25.2 Å². The highest BCUT2D eigenvalue weighted by molar-refractivity contribution is 7.92. The molecule has 2 rings (SSSR count). The summed E-state index contributed by atoms with van der Waals surface area (Å²) in [4.78, 5) is 10.5. The Balaban J connectivity index is 1.98. The molecule has 0 heterocycles. The fraction of sp³-hybridized carbons (Fsp3) is 0.417. The van der Waals surface area contributed by atoms with E-state index < -0.39 is 16.0 Å². The summed E-state index contributed by atoms with van der Waals surface area (Å²) >= 11 is 0. The van der Waals surface area contributed by atoms with E-state index in [4.69, 9.17) is 5.11 Å². The number of carboxylic acid groups (broad SMARTS) is 1. The van der Waals surface area contributed by atoms with Gasteiger partial charge in [-0.2, -0.15) is 0 Å². The second-order valence-electron chi connectivity index (χ2n) is 4.59. The quantitative estimate of drug-likeness (QED) is 0.819. The zero-order chi connectivity index (χ0) is 13.2. The molecular weight excluding hydrogens is 254 g/mol. The van der Waals surface area contributed by atoms with E-state index in [1.165, 1.54) is 0 Å². The van der Waals surface area contributed by atoms with Crippen molar-refractivity contribution < 1.29 is 18.3 Å². The van der Waals surface area contributed by atoms with Crippen molar-refractivity contribution in [2.75, 3.05) is 10.5 Å². The number of nitrogens with one attached hydrogen (secondary N) is 1. The maximum atomic E-state index is 11.7. The Morgan fingerprint density at radius 1 is 1.28 bits per heavy atom. The average molecular weight is 269 g/mol. The number of anilines is 1. The van der Waals surface area contributed by atoms with Gasteiger partial charge in [0.15, 0.2) is 0 Å². The van der Waals surface area contributed by atoms with Gasteiger partial charge in [0.25, 0.3) is 0 Å². The second-order valence-corrected chi connectivity index (χ2v) is 6.36. The standard InChI is InChI=1S/C12H15NO4S/c14-12(15)7-9-3-5-11(6-4-9)13-18(16,17)8-10-1-2-10/h3-6,10,13H,1-2,7-8H2,(H,14,15). The molecule has 1 aliphatic rings. The van der Waals surface area contributed by atoms with Crippen molar-refractivity contribution in [1.29, 1.82) is 0 Å². The number of sulfonamides is 1. The molecule has 0 aliphatic heterocycles. The molecule has 2 N–H and O–H groups in total. The first-order valence-corrected chi connectivity index (χ1v) is 7.41. The van der Waals surface area contributed by atoms with E-state index in [0.717, 1.165) is 12.8 Å². The summed E-state index contributed by atoms with van der Waals surface area (Å²) < 4.78 is 25.9. The van der Waals surface area contributed by atoms with E-state index in [9.17, 15) is 13.2 Å². The largest absolute Gasteiger partial charge is 0.481 e. The highest BCUT2D eigenvalue weighted by Gasteiger charge is 2.27. The normalized spacial score (nSPS) is 15.3. The van der Waals surface area contributed by atoms with Crippen molar-refractivity contribution in [2.45, 2.75) is 19.3 Å². The van der Waals surface area contributed by atoms with E-state index in [-0.39, 0.29) is 12.2 Å². The van der Waals surface area contributed by atoms with E-state index in [1.54, 1.807) is 24.3 Å². The Morgan fingerprint density at radius 2 is 1.89 bits per heavy atom. The Hall–Kier alpha value is -1.56. The Morgan fingerprint density at radius 3 is 2.39 bits per heavy atom. The monoisotopic (exact) mass is 269 g/mol. The number of aliphatic carboxylic acids is 1. The predicted molar refractivity (Wildman–Crippen MR) is 67.9 cm³/mol. The van der Waals surface area contributed by atoms with Gasteiger partial charge in [0.1, 0.15) is 0 Å². The molecule has 1 fully saturated rings. The minimum absolute atomic E-state index is 0.0604. The molecule has 0 unspecified atom stereocenters. The van der Waals surface area contributed by atoms with Gasteiger partial charge in [0, 0.05) is 5.69 Å². The Labute approximate surface area is 106 Å². The van der Waals surface area contributed by atoms with Gasteiger partial charge in [-0.25, -0.2) is 8.42 Å². The van der Waals surface area contributed by atoms with Gasteiger partial charge >= 0.3 is 5.97 Å². The molecule has 1 saturated carbocycles. The van der Waals surface area contributed by atoms with Gasteiger partial charge in [-0.3, -0.25) is 9.52 Å². The number of carbonyl (C=O) groups is 1. The number of hydrogen-bond acceptors (Lipinski definition) is 3. The SMILES string of the molecule is O=C(O)Cc1ccc(NS(=O)(=O)CC2CC2)cc1. The third-order valence-corrected chi connectivity index (χ3v) is 4.19. The highest BCUT2D eigenvalue weighted by Crippen LogP contribution is 2.30. The molecule has 18 heavy (non-hydrogen) atoms. The van der Waals surface area contributed by atoms with Crippen molar-refractivity contribution in [3.8, 4) is 0 Å². The highest BCUT2D eigenvalue weighted by atomic mass is 32.2. The fourth-order valence-electron chi connectivity index (χ4n) is 1.68. The number of benzene rings is 1. The van der Waals surface area contributed by atoms with Crippen molar-refractivity contribution in [3.05, 3.63) is 29.8 Å². The van der Waals surface area contributed by atoms with E-state index in [0.29, 0.717) is 17.2 Å². The second kappa shape index (κ2) is 4.97. The minimum atomic E-state index is -3.27. The van der Waals surface area contributed by atoms with Crippen LogP contribution in [0.25, 0.3) is 0 Å². The van der Waals surface area contributed by atoms with Crippen molar-refractivity contribution in [1.82, 2.24) is 0 Å². The first-order valence-electron chi connectivity index (χ1n) is 5.76. The summed E-state index contributed by atoms with van der Waals surface area (Å²) in [6.07, 6.45) is 1.91. The van der Waals surface area contributed by atoms with Crippen molar-refractivity contribution in [2.24, 2.45) is 5.92 Å². The summed E-state index contributed by atoms with van der Waals surface area (Å²) in [5, 5.41) is 8.62. The fourth-order valence-corrected chi connectivity index (χ4v) is 3.21. The molecule has 1 aromatic rings. The molecule has 0 radical (unpaired) electrons. The summed E-state index contributed by atoms with van der Waals surface area (Å²) in [5.74, 6) is -0.435. The van der Waals surface area contributed by atoms with Gasteiger partial charge in [0.2, 0.25) is 10.0 Å². The van der Waals surface area contributed by atoms with Crippen LogP contribution in [0, 0.1) is 5.92 Å². The predicted octanol–water partition coefficient (Wildman–Crippen LogP) is 1.47. The Kier molecular flexibility index (Phi) is 3.56. The van der Waals surface area contributed by atoms with Gasteiger partial charge in [-0.05, 0) is 36.5 Å². The summed E-state index contributed by atoms with van der Waals surface area (Å²) in [6, 6.07) is 6.40. The van der Waals surface area contributed by atoms with Crippen LogP contribution in [0.3, 0.4) is 0 Å². The van der Waals surface area contributed by atoms with Crippen LogP contribution in [0.15, 0.2) is 24.3 Å². The van der Waals surface area contributed by atoms with Gasteiger partial charge in [-0.15, -0.1) is 0 Å². The molecule has 0 atom stereocenters. The number of rotatable bonds is 6. The van der Waals surface area contributed by atoms with Crippen LogP contribution in [0.2, 0.25) is 0 Å². The van der Waals surface area contributed by atoms with Crippen LogP contribution in [0.1, 0.15) is 18.4 Å². The Bertz CT molecular complexity index is 532. The van der Waals surface area contributed by atoms with Crippen molar-refractivity contribution in [3.63, 3.8) is 0 Å². The molecule has 5 nitrogen and oxygen atoms in total. The maximum Gasteiger partial charge on any atom is 0.307 e. The molecule has 0 aromatic heterocycles. The van der Waals surface area contributed by atoms with Gasteiger partial charge in [-0.1, -0.05) is 12.1 Å². The van der Waals surface area contributed by atoms with Crippen molar-refractivity contribution >= 4 is 21.7 Å². The lowest BCUT2D eigenvalue weighted by Crippen LogP contribution is -2.17. The zero-order valence-electron chi connectivity index (χ0n) is 9.80. The van der Waals surface area contributed by atoms with Crippen LogP contribution in [0.5, 0.6) is 0 Å². The first-order chi connectivity index (χ1) is 8.44. The smallest absolute Gasteiger partial charge is 0.307 e. The number of hydrogen-bond donors (Lipinski definition) is 2. The lowest BCUT2D eigenvalue weighted by atomic mass is 10.1. The van der Waals surface area contributed by atoms with E-state index in [2.05, 4.69) is 4.72 Å². The first kappa shape index (κ1) is 12.9. The van der Waals surface area contributed by atoms with E-state index in [1.807, 2.05) is 0 Å². The summed E-state index contributed by atoms with van der Waals surface area (Å²) in [6.45, 7) is 0. The summed E-state index contributed by atoms with van der Waals surface area (Å²) in [7, 11) is -3.27. The lowest BCUT2D eigenvalue weighted by Gasteiger charge is -2.07. The van der Waals surface area contributed by atoms with Crippen LogP contribution >= 0.6 is 0 Å². The number of carboxylic acids is 1. The molecular formula is C12H15NO4S. The van der Waals surface area contributed by atoms with Gasteiger partial charge < -0.3 is 5.11 Å². The summed E-state index contributed by atoms with van der Waals surface area (Å²) in [5.41, 5.74) is 1.12. The third kappa shape index (κ3) is 4.03. The molecule has 98 valence electrons. The van der Waals surface area contributed by atoms with E-state index >= 15 is 0 Å². The average Bonchev–Trinajstić information content (AvgIpc) is 3.03. The molecule has 1 aliphatic carbocycles.